The van der Waals surface area contributed by atoms with Crippen molar-refractivity contribution in [2.45, 2.75) is 19.4 Å². The highest BCUT2D eigenvalue weighted by Gasteiger charge is 2.14. The van der Waals surface area contributed by atoms with E-state index in [4.69, 9.17) is 4.42 Å². The van der Waals surface area contributed by atoms with E-state index in [-0.39, 0.29) is 18.1 Å². The highest BCUT2D eigenvalue weighted by molar-refractivity contribution is 5.94. The molecule has 0 fully saturated rings. The number of nitrogens with one attached hydrogen (secondary N) is 1. The van der Waals surface area contributed by atoms with E-state index in [1.54, 1.807) is 19.1 Å². The average molecular weight is 304 g/mol. The second-order valence-electron chi connectivity index (χ2n) is 4.83. The van der Waals surface area contributed by atoms with Crippen LogP contribution < -0.4 is 5.32 Å². The molecule has 0 spiro atoms. The molecule has 1 atom stereocenters. The summed E-state index contributed by atoms with van der Waals surface area (Å²) in [5.41, 5.74) is 0.744. The zero-order valence-electron chi connectivity index (χ0n) is 12.0. The number of hydrogen-bond acceptors (Lipinski definition) is 5. The summed E-state index contributed by atoms with van der Waals surface area (Å²) in [5.74, 6) is 0.102. The average Bonchev–Trinajstić information content (AvgIpc) is 3.00. The Morgan fingerprint density at radius 3 is 2.82 bits per heavy atom. The molecule has 22 heavy (non-hydrogen) atoms. The Hall–Kier alpha value is -2.67. The molecule has 1 aromatic heterocycles. The van der Waals surface area contributed by atoms with Crippen LogP contribution in [0.2, 0.25) is 0 Å². The monoisotopic (exact) mass is 304 g/mol. The zero-order valence-corrected chi connectivity index (χ0v) is 12.0. The lowest BCUT2D eigenvalue weighted by Crippen LogP contribution is -2.25. The van der Waals surface area contributed by atoms with Crippen molar-refractivity contribution >= 4 is 11.6 Å². The molecule has 1 aromatic carbocycles. The number of aliphatic hydroxyl groups is 1. The van der Waals surface area contributed by atoms with Gasteiger partial charge in [0.15, 0.2) is 0 Å². The van der Waals surface area contributed by atoms with Crippen LogP contribution >= 0.6 is 0 Å². The van der Waals surface area contributed by atoms with Crippen molar-refractivity contribution < 1.29 is 19.2 Å². The Balaban J connectivity index is 1.90. The lowest BCUT2D eigenvalue weighted by molar-refractivity contribution is -0.385. The van der Waals surface area contributed by atoms with Crippen LogP contribution in [0.15, 0.2) is 41.0 Å². The summed E-state index contributed by atoms with van der Waals surface area (Å²) in [6.45, 7) is 1.84. The third-order valence-corrected chi connectivity index (χ3v) is 3.23. The summed E-state index contributed by atoms with van der Waals surface area (Å²) in [6, 6.07) is 7.52. The summed E-state index contributed by atoms with van der Waals surface area (Å²) < 4.78 is 5.06. The topological polar surface area (TPSA) is 106 Å². The number of furan rings is 1. The Kier molecular flexibility index (Phi) is 4.90. The van der Waals surface area contributed by atoms with E-state index in [0.29, 0.717) is 23.3 Å². The zero-order chi connectivity index (χ0) is 16.1. The van der Waals surface area contributed by atoms with Gasteiger partial charge in [-0.1, -0.05) is 0 Å². The van der Waals surface area contributed by atoms with E-state index < -0.39 is 11.0 Å². The molecule has 0 aliphatic carbocycles. The SMILES string of the molecule is Cc1cc(C(=O)NCCC(O)c2ccco2)ccc1[N+](=O)[O-]. The van der Waals surface area contributed by atoms with E-state index in [1.165, 1.54) is 24.5 Å². The number of aryl methyl sites for hydroxylation is 1. The van der Waals surface area contributed by atoms with E-state index in [0.717, 1.165) is 0 Å². The maximum Gasteiger partial charge on any atom is 0.272 e. The lowest BCUT2D eigenvalue weighted by atomic mass is 10.1. The van der Waals surface area contributed by atoms with Crippen molar-refractivity contribution in [1.29, 1.82) is 0 Å². The number of nitrogens with zero attached hydrogens (tertiary/aromatic N) is 1. The summed E-state index contributed by atoms with van der Waals surface area (Å²) >= 11 is 0. The number of nitro groups is 1. The molecule has 0 bridgehead atoms. The fraction of sp³-hybridized carbons (Fsp3) is 0.267. The molecule has 0 aliphatic heterocycles. The molecule has 2 N–H and O–H groups in total. The van der Waals surface area contributed by atoms with Crippen LogP contribution in [0.25, 0.3) is 0 Å². The molecule has 2 rings (SSSR count). The highest BCUT2D eigenvalue weighted by Crippen LogP contribution is 2.19. The molecule has 7 heteroatoms. The van der Waals surface area contributed by atoms with Crippen molar-refractivity contribution in [2.75, 3.05) is 6.54 Å². The van der Waals surface area contributed by atoms with Gasteiger partial charge in [0.05, 0.1) is 11.2 Å². The van der Waals surface area contributed by atoms with Gasteiger partial charge in [0.2, 0.25) is 0 Å². The molecular formula is C15H16N2O5. The predicted octanol–water partition coefficient (Wildman–Crippen LogP) is 2.35. The minimum atomic E-state index is -0.783. The molecular weight excluding hydrogens is 288 g/mol. The summed E-state index contributed by atoms with van der Waals surface area (Å²) in [4.78, 5) is 22.2. The Morgan fingerprint density at radius 2 is 2.23 bits per heavy atom. The number of hydrogen-bond donors (Lipinski definition) is 2. The summed E-state index contributed by atoms with van der Waals surface area (Å²) in [6.07, 6.45) is 0.996. The molecule has 1 heterocycles. The number of carbonyl (C=O) groups excluding carboxylic acids is 1. The van der Waals surface area contributed by atoms with Crippen LogP contribution in [-0.2, 0) is 0 Å². The van der Waals surface area contributed by atoms with Gasteiger partial charge in [-0.15, -0.1) is 0 Å². The Bertz CT molecular complexity index is 667. The standard InChI is InChI=1S/C15H16N2O5/c1-10-9-11(4-5-12(10)17(20)21)15(19)16-7-6-13(18)14-3-2-8-22-14/h2-5,8-9,13,18H,6-7H2,1H3,(H,16,19). The van der Waals surface area contributed by atoms with E-state index in [9.17, 15) is 20.0 Å². The van der Waals surface area contributed by atoms with E-state index >= 15 is 0 Å². The van der Waals surface area contributed by atoms with Crippen molar-refractivity contribution in [3.8, 4) is 0 Å². The number of rotatable bonds is 6. The van der Waals surface area contributed by atoms with Crippen LogP contribution in [0.1, 0.15) is 34.2 Å². The van der Waals surface area contributed by atoms with Crippen molar-refractivity contribution in [3.63, 3.8) is 0 Å². The number of carbonyl (C=O) groups is 1. The number of aliphatic hydroxyl groups excluding tert-OH is 1. The van der Waals surface area contributed by atoms with Gasteiger partial charge in [-0.3, -0.25) is 14.9 Å². The van der Waals surface area contributed by atoms with Gasteiger partial charge in [0.25, 0.3) is 11.6 Å². The molecule has 2 aromatic rings. The second kappa shape index (κ2) is 6.86. The first-order valence-electron chi connectivity index (χ1n) is 6.73. The van der Waals surface area contributed by atoms with Crippen LogP contribution in [0.5, 0.6) is 0 Å². The van der Waals surface area contributed by atoms with Crippen molar-refractivity contribution in [1.82, 2.24) is 5.32 Å². The number of amides is 1. The summed E-state index contributed by atoms with van der Waals surface area (Å²) in [5, 5.41) is 23.2. The van der Waals surface area contributed by atoms with Gasteiger partial charge in [-0.25, -0.2) is 0 Å². The normalized spacial score (nSPS) is 11.9. The van der Waals surface area contributed by atoms with Crippen LogP contribution in [0.3, 0.4) is 0 Å². The fourth-order valence-corrected chi connectivity index (χ4v) is 2.05. The first kappa shape index (κ1) is 15.7. The quantitative estimate of drug-likeness (QED) is 0.629. The molecule has 0 radical (unpaired) electrons. The van der Waals surface area contributed by atoms with E-state index in [2.05, 4.69) is 5.32 Å². The molecule has 116 valence electrons. The van der Waals surface area contributed by atoms with Crippen LogP contribution in [0, 0.1) is 17.0 Å². The minimum Gasteiger partial charge on any atom is -0.467 e. The van der Waals surface area contributed by atoms with Crippen LogP contribution in [-0.4, -0.2) is 22.5 Å². The van der Waals surface area contributed by atoms with Crippen LogP contribution in [0.4, 0.5) is 5.69 Å². The number of benzene rings is 1. The van der Waals surface area contributed by atoms with Gasteiger partial charge in [0.1, 0.15) is 11.9 Å². The molecule has 7 nitrogen and oxygen atoms in total. The van der Waals surface area contributed by atoms with Gasteiger partial charge in [0, 0.05) is 23.7 Å². The van der Waals surface area contributed by atoms with Crippen molar-refractivity contribution in [3.05, 3.63) is 63.6 Å². The number of nitro benzene ring substituents is 1. The molecule has 1 unspecified atom stereocenters. The second-order valence-corrected chi connectivity index (χ2v) is 4.83. The summed E-state index contributed by atoms with van der Waals surface area (Å²) in [7, 11) is 0. The fourth-order valence-electron chi connectivity index (χ4n) is 2.05. The first-order chi connectivity index (χ1) is 10.5. The molecule has 0 aliphatic rings. The van der Waals surface area contributed by atoms with Gasteiger partial charge in [-0.2, -0.15) is 0 Å². The van der Waals surface area contributed by atoms with Crippen molar-refractivity contribution in [2.24, 2.45) is 0 Å². The maximum atomic E-state index is 12.0. The van der Waals surface area contributed by atoms with Gasteiger partial charge >= 0.3 is 0 Å². The minimum absolute atomic E-state index is 0.0233. The lowest BCUT2D eigenvalue weighted by Gasteiger charge is -2.09. The van der Waals surface area contributed by atoms with E-state index in [1.807, 2.05) is 0 Å². The predicted molar refractivity (Wildman–Crippen MR) is 78.5 cm³/mol. The largest absolute Gasteiger partial charge is 0.467 e. The van der Waals surface area contributed by atoms with Gasteiger partial charge < -0.3 is 14.8 Å². The first-order valence-corrected chi connectivity index (χ1v) is 6.73. The third kappa shape index (κ3) is 3.70. The molecule has 1 amide bonds. The highest BCUT2D eigenvalue weighted by atomic mass is 16.6. The molecule has 0 saturated carbocycles. The smallest absolute Gasteiger partial charge is 0.272 e. The Morgan fingerprint density at radius 1 is 1.45 bits per heavy atom. The maximum absolute atomic E-state index is 12.0. The third-order valence-electron chi connectivity index (χ3n) is 3.23. The Labute approximate surface area is 126 Å². The molecule has 0 saturated heterocycles. The van der Waals surface area contributed by atoms with Gasteiger partial charge in [-0.05, 0) is 37.6 Å².